The molecule has 0 spiro atoms. The number of pyridine rings is 1. The summed E-state index contributed by atoms with van der Waals surface area (Å²) >= 11 is 9.41. The molecule has 1 fully saturated rings. The van der Waals surface area contributed by atoms with E-state index in [1.54, 1.807) is 0 Å². The van der Waals surface area contributed by atoms with Crippen LogP contribution in [0.25, 0.3) is 5.69 Å². The molecule has 3 heterocycles. The smallest absolute Gasteiger partial charge is 0.221 e. The van der Waals surface area contributed by atoms with Crippen molar-refractivity contribution in [1.29, 1.82) is 0 Å². The number of aromatic nitrogens is 2. The molecule has 0 aliphatic carbocycles. The third-order valence-electron chi connectivity index (χ3n) is 6.44. The molecule has 2 N–H and O–H groups in total. The summed E-state index contributed by atoms with van der Waals surface area (Å²) in [5.74, 6) is -0.102. The van der Waals surface area contributed by atoms with E-state index in [1.807, 2.05) is 48.7 Å². The average Bonchev–Trinajstić information content (AvgIpc) is 3.35. The number of halogens is 1. The summed E-state index contributed by atoms with van der Waals surface area (Å²) in [6.07, 6.45) is 1.81. The number of aryl methyl sites for hydroxylation is 1. The Kier molecular flexibility index (Phi) is 6.64. The first kappa shape index (κ1) is 24.2. The molecule has 0 bridgehead atoms. The molecule has 1 saturated heterocycles. The van der Waals surface area contributed by atoms with Gasteiger partial charge < -0.3 is 20.1 Å². The summed E-state index contributed by atoms with van der Waals surface area (Å²) in [5, 5.41) is 6.99. The van der Waals surface area contributed by atoms with Crippen molar-refractivity contribution in [2.24, 2.45) is 0 Å². The molecule has 1 aliphatic rings. The SMILES string of the molecule is CC(=O)Nc1ccc(N2C(=S)N[C@H](c3ccccn3)[C@@H]2c2cc(C)n(-c3ccc(Br)cc3)c2C)cc1. The van der Waals surface area contributed by atoms with E-state index in [0.717, 1.165) is 38.6 Å². The van der Waals surface area contributed by atoms with Crippen molar-refractivity contribution in [2.45, 2.75) is 32.9 Å². The van der Waals surface area contributed by atoms with Gasteiger partial charge in [-0.1, -0.05) is 22.0 Å². The number of benzene rings is 2. The number of anilines is 2. The summed E-state index contributed by atoms with van der Waals surface area (Å²) in [7, 11) is 0. The largest absolute Gasteiger partial charge is 0.351 e. The van der Waals surface area contributed by atoms with Crippen LogP contribution in [0.15, 0.2) is 83.5 Å². The highest BCUT2D eigenvalue weighted by Gasteiger charge is 2.42. The van der Waals surface area contributed by atoms with E-state index < -0.39 is 0 Å². The Labute approximate surface area is 224 Å². The van der Waals surface area contributed by atoms with Crippen molar-refractivity contribution in [1.82, 2.24) is 14.9 Å². The van der Waals surface area contributed by atoms with Gasteiger partial charge in [-0.05, 0) is 98.4 Å². The van der Waals surface area contributed by atoms with Crippen molar-refractivity contribution in [3.8, 4) is 5.69 Å². The van der Waals surface area contributed by atoms with Crippen molar-refractivity contribution < 1.29 is 4.79 Å². The number of nitrogens with zero attached hydrogens (tertiary/aromatic N) is 3. The molecule has 2 atom stereocenters. The Morgan fingerprint density at radius 3 is 2.36 bits per heavy atom. The standard InChI is InChI=1S/C28H26BrN5OS/c1-17-16-24(18(2)33(17)22-11-7-20(29)8-12-22)27-26(25-6-4-5-15-30-25)32-28(36)34(27)23-13-9-21(10-14-23)31-19(3)35/h4-16,26-27H,1-3H3,(H,31,35)(H,32,36)/t26-,27+/m1/s1. The Bertz CT molecular complexity index is 1420. The minimum Gasteiger partial charge on any atom is -0.351 e. The molecule has 5 rings (SSSR count). The molecule has 1 amide bonds. The fourth-order valence-electron chi connectivity index (χ4n) is 4.93. The maximum Gasteiger partial charge on any atom is 0.221 e. The molecular weight excluding hydrogens is 534 g/mol. The van der Waals surface area contributed by atoms with E-state index in [4.69, 9.17) is 12.2 Å². The Morgan fingerprint density at radius 1 is 1.03 bits per heavy atom. The monoisotopic (exact) mass is 559 g/mol. The number of amides is 1. The van der Waals surface area contributed by atoms with Crippen LogP contribution in [0.3, 0.4) is 0 Å². The van der Waals surface area contributed by atoms with Gasteiger partial charge in [-0.15, -0.1) is 0 Å². The van der Waals surface area contributed by atoms with Crippen LogP contribution >= 0.6 is 28.1 Å². The van der Waals surface area contributed by atoms with E-state index in [9.17, 15) is 4.79 Å². The van der Waals surface area contributed by atoms with Crippen LogP contribution < -0.4 is 15.5 Å². The molecule has 6 nitrogen and oxygen atoms in total. The lowest BCUT2D eigenvalue weighted by atomic mass is 9.96. The lowest BCUT2D eigenvalue weighted by molar-refractivity contribution is -0.114. The Hall–Kier alpha value is -3.49. The van der Waals surface area contributed by atoms with Crippen LogP contribution in [0.2, 0.25) is 0 Å². The lowest BCUT2D eigenvalue weighted by Gasteiger charge is -2.28. The molecule has 2 aromatic carbocycles. The van der Waals surface area contributed by atoms with Crippen LogP contribution in [0.4, 0.5) is 11.4 Å². The number of thiocarbonyl (C=S) groups is 1. The third-order valence-corrected chi connectivity index (χ3v) is 7.28. The van der Waals surface area contributed by atoms with Crippen LogP contribution in [0.1, 0.15) is 41.7 Å². The maximum atomic E-state index is 11.5. The van der Waals surface area contributed by atoms with Gasteiger partial charge in [0.25, 0.3) is 0 Å². The Morgan fingerprint density at radius 2 is 1.72 bits per heavy atom. The lowest BCUT2D eigenvalue weighted by Crippen LogP contribution is -2.29. The number of hydrogen-bond acceptors (Lipinski definition) is 3. The zero-order valence-electron chi connectivity index (χ0n) is 20.2. The fraction of sp³-hybridized carbons (Fsp3) is 0.179. The molecule has 4 aromatic rings. The number of nitrogens with one attached hydrogen (secondary N) is 2. The highest BCUT2D eigenvalue weighted by molar-refractivity contribution is 9.10. The first-order chi connectivity index (χ1) is 17.3. The zero-order chi connectivity index (χ0) is 25.4. The van der Waals surface area contributed by atoms with E-state index >= 15 is 0 Å². The van der Waals surface area contributed by atoms with E-state index in [0.29, 0.717) is 5.11 Å². The molecule has 0 radical (unpaired) electrons. The number of hydrogen-bond donors (Lipinski definition) is 2. The summed E-state index contributed by atoms with van der Waals surface area (Å²) in [6, 6.07) is 24.1. The first-order valence-corrected chi connectivity index (χ1v) is 12.9. The van der Waals surface area contributed by atoms with Crippen LogP contribution in [-0.2, 0) is 4.79 Å². The normalized spacial score (nSPS) is 17.2. The highest BCUT2D eigenvalue weighted by atomic mass is 79.9. The summed E-state index contributed by atoms with van der Waals surface area (Å²) in [4.78, 5) is 18.3. The second-order valence-electron chi connectivity index (χ2n) is 8.86. The van der Waals surface area contributed by atoms with Gasteiger partial charge in [0.05, 0.1) is 17.8 Å². The Balaban J connectivity index is 1.62. The first-order valence-electron chi connectivity index (χ1n) is 11.7. The van der Waals surface area contributed by atoms with Crippen molar-refractivity contribution in [3.63, 3.8) is 0 Å². The maximum absolute atomic E-state index is 11.5. The second-order valence-corrected chi connectivity index (χ2v) is 10.2. The van der Waals surface area contributed by atoms with Crippen LogP contribution in [0, 0.1) is 13.8 Å². The van der Waals surface area contributed by atoms with Gasteiger partial charge in [0.2, 0.25) is 5.91 Å². The van der Waals surface area contributed by atoms with Gasteiger partial charge in [0, 0.05) is 46.0 Å². The average molecular weight is 561 g/mol. The van der Waals surface area contributed by atoms with Crippen LogP contribution in [-0.4, -0.2) is 20.6 Å². The van der Waals surface area contributed by atoms with Crippen molar-refractivity contribution in [2.75, 3.05) is 10.2 Å². The van der Waals surface area contributed by atoms with Gasteiger partial charge in [-0.25, -0.2) is 0 Å². The quantitative estimate of drug-likeness (QED) is 0.277. The molecule has 0 unspecified atom stereocenters. The predicted molar refractivity (Wildman–Crippen MR) is 152 cm³/mol. The summed E-state index contributed by atoms with van der Waals surface area (Å²) in [6.45, 7) is 5.78. The number of carbonyl (C=O) groups excluding carboxylic acids is 1. The topological polar surface area (TPSA) is 62.2 Å². The van der Waals surface area contributed by atoms with Crippen molar-refractivity contribution >= 4 is 50.5 Å². The van der Waals surface area contributed by atoms with E-state index in [-0.39, 0.29) is 18.0 Å². The predicted octanol–water partition coefficient (Wildman–Crippen LogP) is 6.39. The molecule has 8 heteroatoms. The van der Waals surface area contributed by atoms with Crippen LogP contribution in [0.5, 0.6) is 0 Å². The summed E-state index contributed by atoms with van der Waals surface area (Å²) in [5.41, 5.74) is 7.18. The van der Waals surface area contributed by atoms with Gasteiger partial charge in [0.15, 0.2) is 5.11 Å². The fourth-order valence-corrected chi connectivity index (χ4v) is 5.54. The summed E-state index contributed by atoms with van der Waals surface area (Å²) < 4.78 is 3.32. The number of rotatable bonds is 5. The van der Waals surface area contributed by atoms with E-state index in [2.05, 4.69) is 85.2 Å². The zero-order valence-corrected chi connectivity index (χ0v) is 22.6. The molecule has 2 aromatic heterocycles. The van der Waals surface area contributed by atoms with Gasteiger partial charge in [0.1, 0.15) is 0 Å². The molecular formula is C28H26BrN5OS. The molecule has 182 valence electrons. The van der Waals surface area contributed by atoms with E-state index in [1.165, 1.54) is 12.5 Å². The van der Waals surface area contributed by atoms with Gasteiger partial charge in [-0.3, -0.25) is 9.78 Å². The second kappa shape index (κ2) is 9.87. The molecule has 1 aliphatic heterocycles. The van der Waals surface area contributed by atoms with Gasteiger partial charge in [-0.2, -0.15) is 0 Å². The highest BCUT2D eigenvalue weighted by Crippen LogP contribution is 2.44. The third kappa shape index (κ3) is 4.54. The van der Waals surface area contributed by atoms with Gasteiger partial charge >= 0.3 is 0 Å². The molecule has 0 saturated carbocycles. The molecule has 36 heavy (non-hydrogen) atoms. The minimum absolute atomic E-state index is 0.102. The van der Waals surface area contributed by atoms with Crippen molar-refractivity contribution in [3.05, 3.63) is 106 Å². The number of carbonyl (C=O) groups is 1. The minimum atomic E-state index is -0.132.